The first-order valence-electron chi connectivity index (χ1n) is 5.26. The highest BCUT2D eigenvalue weighted by molar-refractivity contribution is 7.12. The minimum atomic E-state index is -0.918. The molecule has 0 aliphatic rings. The maximum absolute atomic E-state index is 10.6. The molecule has 0 bridgehead atoms. The van der Waals surface area contributed by atoms with E-state index >= 15 is 0 Å². The highest BCUT2D eigenvalue weighted by Crippen LogP contribution is 2.21. The van der Waals surface area contributed by atoms with Gasteiger partial charge >= 0.3 is 5.97 Å². The van der Waals surface area contributed by atoms with Crippen LogP contribution >= 0.6 is 11.3 Å². The number of hydrogen-bond donors (Lipinski definition) is 1. The second-order valence-corrected chi connectivity index (χ2v) is 4.18. The van der Waals surface area contributed by atoms with E-state index in [4.69, 9.17) is 14.6 Å². The topological polar surface area (TPSA) is 55.8 Å². The monoisotopic (exact) mass is 244 g/mol. The molecule has 1 aromatic rings. The largest absolute Gasteiger partial charge is 0.490 e. The van der Waals surface area contributed by atoms with Crippen molar-refractivity contribution < 1.29 is 19.4 Å². The summed E-state index contributed by atoms with van der Waals surface area (Å²) in [6, 6.07) is 1.53. The van der Waals surface area contributed by atoms with Gasteiger partial charge in [-0.15, -0.1) is 11.3 Å². The van der Waals surface area contributed by atoms with Crippen LogP contribution in [0.2, 0.25) is 0 Å². The van der Waals surface area contributed by atoms with Crippen LogP contribution in [0.15, 0.2) is 11.4 Å². The van der Waals surface area contributed by atoms with Crippen LogP contribution in [0, 0.1) is 0 Å². The third-order valence-corrected chi connectivity index (χ3v) is 2.82. The fourth-order valence-corrected chi connectivity index (χ4v) is 1.74. The van der Waals surface area contributed by atoms with E-state index in [9.17, 15) is 4.79 Å². The quantitative estimate of drug-likeness (QED) is 0.714. The van der Waals surface area contributed by atoms with Gasteiger partial charge in [-0.1, -0.05) is 13.3 Å². The van der Waals surface area contributed by atoms with Crippen molar-refractivity contribution >= 4 is 17.3 Å². The van der Waals surface area contributed by atoms with Crippen molar-refractivity contribution in [1.29, 1.82) is 0 Å². The van der Waals surface area contributed by atoms with Gasteiger partial charge in [-0.3, -0.25) is 0 Å². The lowest BCUT2D eigenvalue weighted by molar-refractivity contribution is 0.0701. The zero-order valence-corrected chi connectivity index (χ0v) is 10.1. The molecule has 0 aliphatic carbocycles. The Kier molecular flexibility index (Phi) is 5.88. The van der Waals surface area contributed by atoms with E-state index in [0.717, 1.165) is 30.8 Å². The minimum Gasteiger partial charge on any atom is -0.490 e. The Hall–Kier alpha value is -1.07. The zero-order chi connectivity index (χ0) is 11.8. The van der Waals surface area contributed by atoms with Gasteiger partial charge in [0.2, 0.25) is 0 Å². The lowest BCUT2D eigenvalue weighted by atomic mass is 10.4. The summed E-state index contributed by atoms with van der Waals surface area (Å²) in [5, 5.41) is 10.4. The summed E-state index contributed by atoms with van der Waals surface area (Å²) in [5.41, 5.74) is 0. The van der Waals surface area contributed by atoms with Gasteiger partial charge in [-0.2, -0.15) is 0 Å². The van der Waals surface area contributed by atoms with Crippen LogP contribution in [-0.4, -0.2) is 30.9 Å². The van der Waals surface area contributed by atoms with Crippen molar-refractivity contribution in [1.82, 2.24) is 0 Å². The van der Waals surface area contributed by atoms with Gasteiger partial charge in [0.1, 0.15) is 17.2 Å². The van der Waals surface area contributed by atoms with Crippen LogP contribution in [-0.2, 0) is 4.74 Å². The lowest BCUT2D eigenvalue weighted by Crippen LogP contribution is -2.07. The molecular formula is C11H16O4S. The van der Waals surface area contributed by atoms with Crippen molar-refractivity contribution in [2.45, 2.75) is 19.8 Å². The van der Waals surface area contributed by atoms with Gasteiger partial charge in [-0.25, -0.2) is 4.79 Å². The normalized spacial score (nSPS) is 10.3. The predicted molar refractivity (Wildman–Crippen MR) is 62.5 cm³/mol. The molecule has 4 nitrogen and oxygen atoms in total. The van der Waals surface area contributed by atoms with Crippen LogP contribution < -0.4 is 4.74 Å². The maximum Gasteiger partial charge on any atom is 0.346 e. The molecule has 0 fully saturated rings. The molecule has 0 spiro atoms. The summed E-state index contributed by atoms with van der Waals surface area (Å²) in [4.78, 5) is 10.9. The number of thiophene rings is 1. The lowest BCUT2D eigenvalue weighted by Gasteiger charge is -2.04. The van der Waals surface area contributed by atoms with Crippen LogP contribution in [0.3, 0.4) is 0 Å². The second kappa shape index (κ2) is 7.24. The molecular weight excluding hydrogens is 228 g/mol. The molecule has 0 unspecified atom stereocenters. The molecule has 1 N–H and O–H groups in total. The van der Waals surface area contributed by atoms with E-state index < -0.39 is 5.97 Å². The van der Waals surface area contributed by atoms with Gasteiger partial charge in [0, 0.05) is 18.1 Å². The molecule has 0 aromatic carbocycles. The Morgan fingerprint density at radius 3 is 2.88 bits per heavy atom. The molecule has 5 heteroatoms. The van der Waals surface area contributed by atoms with E-state index in [-0.39, 0.29) is 0 Å². The highest BCUT2D eigenvalue weighted by atomic mass is 32.1. The summed E-state index contributed by atoms with van der Waals surface area (Å²) in [5.74, 6) is -0.319. The average Bonchev–Trinajstić information content (AvgIpc) is 2.72. The fraction of sp³-hybridized carbons (Fsp3) is 0.545. The number of carboxylic acid groups (broad SMARTS) is 1. The van der Waals surface area contributed by atoms with Crippen LogP contribution in [0.4, 0.5) is 0 Å². The standard InChI is InChI=1S/C11H16O4S/c1-2-3-4-14-5-6-15-9-7-10(11(12)13)16-8-9/h7-8H,2-6H2,1H3,(H,12,13). The first-order chi connectivity index (χ1) is 7.74. The summed E-state index contributed by atoms with van der Waals surface area (Å²) >= 11 is 1.16. The molecule has 1 aromatic heterocycles. The Morgan fingerprint density at radius 2 is 2.25 bits per heavy atom. The van der Waals surface area contributed by atoms with Gasteiger partial charge in [-0.05, 0) is 6.42 Å². The Labute approximate surface area is 98.8 Å². The summed E-state index contributed by atoms with van der Waals surface area (Å²) in [6.07, 6.45) is 2.18. The molecule has 0 aliphatic heterocycles. The highest BCUT2D eigenvalue weighted by Gasteiger charge is 2.06. The maximum atomic E-state index is 10.6. The molecule has 0 radical (unpaired) electrons. The molecule has 0 amide bonds. The number of aromatic carboxylic acids is 1. The molecule has 90 valence electrons. The summed E-state index contributed by atoms with van der Waals surface area (Å²) < 4.78 is 10.7. The molecule has 16 heavy (non-hydrogen) atoms. The van der Waals surface area contributed by atoms with Crippen molar-refractivity contribution in [2.75, 3.05) is 19.8 Å². The number of rotatable bonds is 8. The number of unbranched alkanes of at least 4 members (excludes halogenated alkanes) is 1. The minimum absolute atomic E-state index is 0.293. The van der Waals surface area contributed by atoms with E-state index in [2.05, 4.69) is 6.92 Å². The molecule has 0 saturated heterocycles. The smallest absolute Gasteiger partial charge is 0.346 e. The predicted octanol–water partition coefficient (Wildman–Crippen LogP) is 2.64. The number of carbonyl (C=O) groups is 1. The Morgan fingerprint density at radius 1 is 1.44 bits per heavy atom. The van der Waals surface area contributed by atoms with Crippen molar-refractivity contribution in [3.63, 3.8) is 0 Å². The summed E-state index contributed by atoms with van der Waals surface area (Å²) in [7, 11) is 0. The first kappa shape index (κ1) is 13.0. The van der Waals surface area contributed by atoms with Crippen molar-refractivity contribution in [3.8, 4) is 5.75 Å². The van der Waals surface area contributed by atoms with Gasteiger partial charge in [0.25, 0.3) is 0 Å². The first-order valence-corrected chi connectivity index (χ1v) is 6.14. The van der Waals surface area contributed by atoms with Crippen LogP contribution in [0.25, 0.3) is 0 Å². The number of hydrogen-bond acceptors (Lipinski definition) is 4. The Bertz CT molecular complexity index is 322. The van der Waals surface area contributed by atoms with E-state index in [0.29, 0.717) is 23.8 Å². The van der Waals surface area contributed by atoms with E-state index in [1.54, 1.807) is 5.38 Å². The van der Waals surface area contributed by atoms with Crippen molar-refractivity contribution in [3.05, 3.63) is 16.3 Å². The molecule has 0 saturated carbocycles. The van der Waals surface area contributed by atoms with Crippen molar-refractivity contribution in [2.24, 2.45) is 0 Å². The molecule has 0 atom stereocenters. The van der Waals surface area contributed by atoms with E-state index in [1.807, 2.05) is 0 Å². The molecule has 1 rings (SSSR count). The third-order valence-electron chi connectivity index (χ3n) is 1.92. The number of ether oxygens (including phenoxy) is 2. The fourth-order valence-electron chi connectivity index (χ4n) is 1.07. The zero-order valence-electron chi connectivity index (χ0n) is 9.27. The second-order valence-electron chi connectivity index (χ2n) is 3.27. The van der Waals surface area contributed by atoms with Gasteiger partial charge in [0.15, 0.2) is 0 Å². The van der Waals surface area contributed by atoms with Crippen LogP contribution in [0.1, 0.15) is 29.4 Å². The SMILES string of the molecule is CCCCOCCOc1csc(C(=O)O)c1. The number of carboxylic acids is 1. The molecule has 1 heterocycles. The van der Waals surface area contributed by atoms with Gasteiger partial charge in [0.05, 0.1) is 6.61 Å². The Balaban J connectivity index is 2.14. The average molecular weight is 244 g/mol. The summed E-state index contributed by atoms with van der Waals surface area (Å²) in [6.45, 7) is 3.86. The van der Waals surface area contributed by atoms with Gasteiger partial charge < -0.3 is 14.6 Å². The van der Waals surface area contributed by atoms with E-state index in [1.165, 1.54) is 6.07 Å². The third kappa shape index (κ3) is 4.63. The van der Waals surface area contributed by atoms with Crippen LogP contribution in [0.5, 0.6) is 5.75 Å².